The van der Waals surface area contributed by atoms with Crippen LogP contribution in [0, 0.1) is 0 Å². The van der Waals surface area contributed by atoms with Crippen LogP contribution in [0.2, 0.25) is 0 Å². The molecule has 0 spiro atoms. The third-order valence-electron chi connectivity index (χ3n) is 6.48. The summed E-state index contributed by atoms with van der Waals surface area (Å²) in [5.74, 6) is 0.519. The van der Waals surface area contributed by atoms with Gasteiger partial charge in [-0.1, -0.05) is 42.5 Å². The van der Waals surface area contributed by atoms with Crippen molar-refractivity contribution in [3.8, 4) is 11.1 Å². The average Bonchev–Trinajstić information content (AvgIpc) is 2.89. The zero-order valence-corrected chi connectivity index (χ0v) is 22.7. The van der Waals surface area contributed by atoms with E-state index in [2.05, 4.69) is 27.3 Å². The van der Waals surface area contributed by atoms with Crippen molar-refractivity contribution in [1.29, 1.82) is 0 Å². The van der Waals surface area contributed by atoms with Crippen molar-refractivity contribution in [1.82, 2.24) is 14.9 Å². The van der Waals surface area contributed by atoms with E-state index in [-0.39, 0.29) is 0 Å². The molecule has 1 unspecified atom stereocenters. The van der Waals surface area contributed by atoms with Gasteiger partial charge < -0.3 is 14.6 Å². The number of fused-ring (bicyclic) bond motifs is 1. The van der Waals surface area contributed by atoms with E-state index >= 15 is 0 Å². The maximum Gasteiger partial charge on any atom is 0.227 e. The van der Waals surface area contributed by atoms with Gasteiger partial charge in [-0.3, -0.25) is 13.4 Å². The molecule has 9 heteroatoms. The fraction of sp³-hybridized carbons (Fsp3) is 0.310. The molecule has 1 aromatic heterocycles. The summed E-state index contributed by atoms with van der Waals surface area (Å²) in [7, 11) is 0. The molecule has 0 radical (unpaired) electrons. The second-order valence-electron chi connectivity index (χ2n) is 10.4. The number of hydrogen-bond acceptors (Lipinski definition) is 7. The van der Waals surface area contributed by atoms with Gasteiger partial charge in [0.2, 0.25) is 5.95 Å². The molecule has 3 aromatic carbocycles. The number of ether oxygens (including phenoxy) is 1. The molecule has 1 aliphatic rings. The number of morpholine rings is 1. The molecule has 1 saturated heterocycles. The summed E-state index contributed by atoms with van der Waals surface area (Å²) in [5.41, 5.74) is 4.92. The lowest BCUT2D eigenvalue weighted by Crippen LogP contribution is -2.42. The molecule has 1 fully saturated rings. The predicted octanol–water partition coefficient (Wildman–Crippen LogP) is 5.27. The second-order valence-corrected chi connectivity index (χ2v) is 11.2. The second kappa shape index (κ2) is 11.2. The van der Waals surface area contributed by atoms with E-state index in [0.29, 0.717) is 11.6 Å². The van der Waals surface area contributed by atoms with E-state index < -0.39 is 16.8 Å². The zero-order valence-electron chi connectivity index (χ0n) is 21.9. The number of nitrogens with zero attached hydrogens (tertiary/aromatic N) is 4. The summed E-state index contributed by atoms with van der Waals surface area (Å²) in [6.45, 7) is 9.92. The van der Waals surface area contributed by atoms with E-state index in [1.165, 1.54) is 9.87 Å². The molecule has 4 aromatic rings. The summed E-state index contributed by atoms with van der Waals surface area (Å²) >= 11 is -2.38. The molecule has 2 heterocycles. The van der Waals surface area contributed by atoms with E-state index in [1.807, 2.05) is 81.6 Å². The van der Waals surface area contributed by atoms with Gasteiger partial charge in [0.25, 0.3) is 0 Å². The Hall–Kier alpha value is -3.37. The van der Waals surface area contributed by atoms with Crippen molar-refractivity contribution in [3.63, 3.8) is 0 Å². The number of hydrogen-bond donors (Lipinski definition) is 1. The highest BCUT2D eigenvalue weighted by Crippen LogP contribution is 2.32. The number of para-hydroxylation sites is 1. The van der Waals surface area contributed by atoms with Gasteiger partial charge >= 0.3 is 0 Å². The quantitative estimate of drug-likeness (QED) is 0.325. The van der Waals surface area contributed by atoms with E-state index in [9.17, 15) is 8.76 Å². The normalized spacial score (nSPS) is 15.4. The molecule has 0 amide bonds. The van der Waals surface area contributed by atoms with Gasteiger partial charge in [-0.15, -0.1) is 0 Å². The Balaban J connectivity index is 1.40. The van der Waals surface area contributed by atoms with Crippen LogP contribution < -0.4 is 9.62 Å². The maximum atomic E-state index is 11.9. The van der Waals surface area contributed by atoms with Crippen LogP contribution in [0.25, 0.3) is 22.0 Å². The van der Waals surface area contributed by atoms with Crippen LogP contribution in [0.15, 0.2) is 72.9 Å². The standard InChI is InChI=1S/C29H33N5O3S/c1-29(2,3)34(38(35)36)25-12-10-22(11-13-25)26-9-5-7-23-19-30-28(32-27(23)26)31-24-8-4-6-21(18-24)20-33-14-16-37-17-15-33/h4-13,18-19H,14-17,20H2,1-3H3,(H,35,36)(H,30,31,32)/p-1. The highest BCUT2D eigenvalue weighted by atomic mass is 32.2. The molecule has 1 aliphatic heterocycles. The lowest BCUT2D eigenvalue weighted by molar-refractivity contribution is 0.0342. The number of anilines is 3. The molecule has 38 heavy (non-hydrogen) atoms. The van der Waals surface area contributed by atoms with Crippen LogP contribution in [0.1, 0.15) is 26.3 Å². The van der Waals surface area contributed by atoms with Crippen molar-refractivity contribution in [2.45, 2.75) is 32.9 Å². The molecular weight excluding hydrogens is 498 g/mol. The summed E-state index contributed by atoms with van der Waals surface area (Å²) in [6.07, 6.45) is 1.82. The van der Waals surface area contributed by atoms with Gasteiger partial charge in [-0.2, -0.15) is 0 Å². The van der Waals surface area contributed by atoms with Crippen molar-refractivity contribution in [2.24, 2.45) is 0 Å². The van der Waals surface area contributed by atoms with Gasteiger partial charge in [0.1, 0.15) is 0 Å². The largest absolute Gasteiger partial charge is 0.755 e. The summed E-state index contributed by atoms with van der Waals surface area (Å²) in [4.78, 5) is 11.8. The first kappa shape index (κ1) is 26.2. The Labute approximate surface area is 226 Å². The van der Waals surface area contributed by atoms with Crippen LogP contribution in [0.3, 0.4) is 0 Å². The molecule has 198 valence electrons. The molecule has 0 saturated carbocycles. The number of rotatable bonds is 7. The molecule has 1 atom stereocenters. The van der Waals surface area contributed by atoms with Gasteiger partial charge in [-0.25, -0.2) is 9.97 Å². The number of nitrogens with one attached hydrogen (secondary N) is 1. The fourth-order valence-corrected chi connectivity index (χ4v) is 5.46. The maximum absolute atomic E-state index is 11.9. The molecule has 0 aliphatic carbocycles. The lowest BCUT2D eigenvalue weighted by atomic mass is 10.0. The zero-order chi connectivity index (χ0) is 26.7. The van der Waals surface area contributed by atoms with Crippen LogP contribution in [-0.4, -0.2) is 55.5 Å². The Bertz CT molecular complexity index is 1430. The number of benzene rings is 3. The first-order valence-corrected chi connectivity index (χ1v) is 13.7. The summed E-state index contributed by atoms with van der Waals surface area (Å²) in [5, 5.41) is 4.29. The molecule has 5 rings (SSSR count). The molecular formula is C29H32N5O3S-. The first-order chi connectivity index (χ1) is 18.3. The van der Waals surface area contributed by atoms with Gasteiger partial charge in [0.15, 0.2) is 0 Å². The van der Waals surface area contributed by atoms with Crippen molar-refractivity contribution in [3.05, 3.63) is 78.5 Å². The summed E-state index contributed by atoms with van der Waals surface area (Å²) < 4.78 is 30.6. The average molecular weight is 531 g/mol. The Kier molecular flexibility index (Phi) is 7.71. The van der Waals surface area contributed by atoms with Crippen LogP contribution in [0.4, 0.5) is 17.3 Å². The Morgan fingerprint density at radius 1 is 1.05 bits per heavy atom. The van der Waals surface area contributed by atoms with Gasteiger partial charge in [0.05, 0.1) is 18.7 Å². The number of aromatic nitrogens is 2. The van der Waals surface area contributed by atoms with Crippen molar-refractivity contribution in [2.75, 3.05) is 35.9 Å². The third kappa shape index (κ3) is 6.02. The highest BCUT2D eigenvalue weighted by Gasteiger charge is 2.23. The van der Waals surface area contributed by atoms with Gasteiger partial charge in [-0.05, 0) is 56.2 Å². The molecule has 8 nitrogen and oxygen atoms in total. The molecule has 0 bridgehead atoms. The van der Waals surface area contributed by atoms with Crippen LogP contribution in [-0.2, 0) is 22.5 Å². The van der Waals surface area contributed by atoms with Crippen molar-refractivity contribution < 1.29 is 13.5 Å². The Morgan fingerprint density at radius 3 is 2.50 bits per heavy atom. The minimum Gasteiger partial charge on any atom is -0.755 e. The van der Waals surface area contributed by atoms with Crippen LogP contribution in [0.5, 0.6) is 0 Å². The van der Waals surface area contributed by atoms with Gasteiger partial charge in [0, 0.05) is 65.0 Å². The molecule has 1 N–H and O–H groups in total. The fourth-order valence-electron chi connectivity index (χ4n) is 4.72. The topological polar surface area (TPSA) is 93.7 Å². The predicted molar refractivity (Wildman–Crippen MR) is 152 cm³/mol. The first-order valence-electron chi connectivity index (χ1n) is 12.7. The van der Waals surface area contributed by atoms with E-state index in [1.54, 1.807) is 0 Å². The summed E-state index contributed by atoms with van der Waals surface area (Å²) in [6, 6.07) is 21.8. The highest BCUT2D eigenvalue weighted by molar-refractivity contribution is 7.80. The van der Waals surface area contributed by atoms with Crippen LogP contribution >= 0.6 is 0 Å². The third-order valence-corrected chi connectivity index (χ3v) is 7.53. The van der Waals surface area contributed by atoms with Crippen molar-refractivity contribution >= 4 is 39.5 Å². The minimum absolute atomic E-state index is 0.519. The minimum atomic E-state index is -2.38. The smallest absolute Gasteiger partial charge is 0.227 e. The Morgan fingerprint density at radius 2 is 1.79 bits per heavy atom. The monoisotopic (exact) mass is 530 g/mol. The SMILES string of the molecule is CC(C)(C)N(c1ccc(-c2cccc3cnc(Nc4cccc(CN5CCOCC5)c4)nc23)cc1)S(=O)[O-]. The van der Waals surface area contributed by atoms with E-state index in [4.69, 9.17) is 9.72 Å². The van der Waals surface area contributed by atoms with E-state index in [0.717, 1.165) is 60.6 Å². The lowest BCUT2D eigenvalue weighted by Gasteiger charge is -2.38.